The van der Waals surface area contributed by atoms with E-state index in [1.807, 2.05) is 6.92 Å². The molecule has 35 heavy (non-hydrogen) atoms. The van der Waals surface area contributed by atoms with E-state index in [0.717, 1.165) is 30.5 Å². The van der Waals surface area contributed by atoms with Crippen LogP contribution in [0.25, 0.3) is 5.69 Å². The first-order chi connectivity index (χ1) is 16.9. The molecule has 1 amide bonds. The molecule has 1 aromatic carbocycles. The number of hydrogen-bond acceptors (Lipinski definition) is 5. The summed E-state index contributed by atoms with van der Waals surface area (Å²) in [6.07, 6.45) is 5.73. The Morgan fingerprint density at radius 3 is 2.86 bits per heavy atom. The number of carbonyl (C=O) groups excluding carboxylic acids is 1. The maximum absolute atomic E-state index is 13.5. The Labute approximate surface area is 199 Å². The fourth-order valence-electron chi connectivity index (χ4n) is 5.82. The highest BCUT2D eigenvalue weighted by atomic mass is 19.3. The smallest absolute Gasteiger partial charge is 0.387 e. The van der Waals surface area contributed by atoms with Gasteiger partial charge in [-0.15, -0.1) is 0 Å². The normalized spacial score (nSPS) is 22.7. The molecule has 1 aliphatic carbocycles. The van der Waals surface area contributed by atoms with Crippen molar-refractivity contribution in [3.63, 3.8) is 0 Å². The van der Waals surface area contributed by atoms with Crippen LogP contribution in [-0.4, -0.2) is 50.7 Å². The molecule has 6 rings (SSSR count). The number of carbonyl (C=O) groups is 1. The highest BCUT2D eigenvalue weighted by molar-refractivity contribution is 5.93. The molecule has 8 nitrogen and oxygen atoms in total. The Morgan fingerprint density at radius 1 is 1.23 bits per heavy atom. The zero-order valence-corrected chi connectivity index (χ0v) is 19.1. The van der Waals surface area contributed by atoms with Crippen LogP contribution >= 0.6 is 0 Å². The number of ether oxygens (including phenoxy) is 2. The van der Waals surface area contributed by atoms with Crippen LogP contribution in [0.2, 0.25) is 0 Å². The van der Waals surface area contributed by atoms with E-state index in [1.165, 1.54) is 10.6 Å². The van der Waals surface area contributed by atoms with Crippen molar-refractivity contribution >= 4 is 5.91 Å². The second-order valence-corrected chi connectivity index (χ2v) is 9.40. The third-order valence-corrected chi connectivity index (χ3v) is 7.40. The van der Waals surface area contributed by atoms with Crippen LogP contribution < -0.4 is 15.0 Å². The van der Waals surface area contributed by atoms with Gasteiger partial charge in [0.25, 0.3) is 11.5 Å². The summed E-state index contributed by atoms with van der Waals surface area (Å²) in [6.45, 7) is 0.0509. The number of fused-ring (bicyclic) bond motifs is 4. The molecule has 3 aromatic rings. The quantitative estimate of drug-likeness (QED) is 0.558. The van der Waals surface area contributed by atoms with E-state index in [1.54, 1.807) is 46.3 Å². The second kappa shape index (κ2) is 7.93. The van der Waals surface area contributed by atoms with Crippen LogP contribution in [0.4, 0.5) is 8.78 Å². The third-order valence-electron chi connectivity index (χ3n) is 7.40. The third kappa shape index (κ3) is 3.42. The van der Waals surface area contributed by atoms with Crippen molar-refractivity contribution in [1.82, 2.24) is 19.0 Å². The number of halogens is 2. The van der Waals surface area contributed by atoms with Gasteiger partial charge in [-0.3, -0.25) is 9.59 Å². The Kier molecular flexibility index (Phi) is 4.94. The molecule has 182 valence electrons. The number of aromatic nitrogens is 3. The van der Waals surface area contributed by atoms with Gasteiger partial charge in [-0.2, -0.15) is 8.78 Å². The maximum atomic E-state index is 13.5. The molecule has 1 fully saturated rings. The highest BCUT2D eigenvalue weighted by Gasteiger charge is 2.53. The highest BCUT2D eigenvalue weighted by Crippen LogP contribution is 2.53. The lowest BCUT2D eigenvalue weighted by Crippen LogP contribution is -2.51. The molecular formula is C25H24F2N4O4. The second-order valence-electron chi connectivity index (χ2n) is 9.40. The van der Waals surface area contributed by atoms with E-state index in [9.17, 15) is 18.4 Å². The van der Waals surface area contributed by atoms with Gasteiger partial charge < -0.3 is 23.5 Å². The van der Waals surface area contributed by atoms with Gasteiger partial charge in [-0.1, -0.05) is 0 Å². The molecule has 2 aliphatic heterocycles. The van der Waals surface area contributed by atoms with Gasteiger partial charge in [-0.25, -0.2) is 4.98 Å². The fourth-order valence-corrected chi connectivity index (χ4v) is 5.82. The van der Waals surface area contributed by atoms with Crippen LogP contribution in [0, 0.1) is 6.92 Å². The predicted octanol–water partition coefficient (Wildman–Crippen LogP) is 3.28. The van der Waals surface area contributed by atoms with Crippen molar-refractivity contribution in [3.8, 4) is 17.2 Å². The number of rotatable bonds is 5. The van der Waals surface area contributed by atoms with Crippen LogP contribution in [-0.2, 0) is 12.0 Å². The molecule has 0 spiro atoms. The fraction of sp³-hybridized carbons (Fsp3) is 0.400. The summed E-state index contributed by atoms with van der Waals surface area (Å²) in [5.74, 6) is 0.506. The van der Waals surface area contributed by atoms with Crippen molar-refractivity contribution in [1.29, 1.82) is 0 Å². The topological polar surface area (TPSA) is 78.6 Å². The summed E-state index contributed by atoms with van der Waals surface area (Å²) in [4.78, 5) is 32.6. The molecule has 2 atom stereocenters. The lowest BCUT2D eigenvalue weighted by molar-refractivity contribution is -0.0499. The van der Waals surface area contributed by atoms with Gasteiger partial charge in [0.1, 0.15) is 29.0 Å². The average molecular weight is 482 g/mol. The number of benzene rings is 1. The summed E-state index contributed by atoms with van der Waals surface area (Å²) in [7, 11) is 0. The van der Waals surface area contributed by atoms with E-state index in [4.69, 9.17) is 4.74 Å². The number of alkyl halides is 2. The standard InChI is InChI=1S/C25H24F2N4O4/c1-15-12-30(14-28-15)18-5-6-19-22(32)29(9-10-31(19)23(18)33)13-25-8-2-3-21(25)35-20-7-4-16(11-17(20)25)34-24(26)27/h4-7,11-12,14,21,24H,2-3,8-10,13H2,1H3/t21-,25-/m0/s1. The van der Waals surface area contributed by atoms with E-state index >= 15 is 0 Å². The predicted molar refractivity (Wildman–Crippen MR) is 121 cm³/mol. The van der Waals surface area contributed by atoms with Crippen molar-refractivity contribution in [2.75, 3.05) is 13.1 Å². The van der Waals surface area contributed by atoms with E-state index in [2.05, 4.69) is 9.72 Å². The van der Waals surface area contributed by atoms with Gasteiger partial charge in [-0.05, 0) is 56.5 Å². The Bertz CT molecular complexity index is 1380. The minimum Gasteiger partial charge on any atom is -0.489 e. The molecule has 0 saturated heterocycles. The molecular weight excluding hydrogens is 458 g/mol. The molecule has 2 aromatic heterocycles. The van der Waals surface area contributed by atoms with Gasteiger partial charge >= 0.3 is 6.61 Å². The number of imidazole rings is 1. The van der Waals surface area contributed by atoms with Crippen LogP contribution in [0.1, 0.15) is 41.0 Å². The first-order valence-electron chi connectivity index (χ1n) is 11.7. The zero-order chi connectivity index (χ0) is 24.3. The Hall–Kier alpha value is -3.69. The van der Waals surface area contributed by atoms with Gasteiger partial charge in [0.05, 0.1) is 17.4 Å². The number of aryl methyl sites for hydroxylation is 1. The zero-order valence-electron chi connectivity index (χ0n) is 19.1. The molecule has 4 heterocycles. The molecule has 0 radical (unpaired) electrons. The first kappa shape index (κ1) is 21.8. The maximum Gasteiger partial charge on any atom is 0.387 e. The van der Waals surface area contributed by atoms with E-state index < -0.39 is 12.0 Å². The summed E-state index contributed by atoms with van der Waals surface area (Å²) in [6, 6.07) is 8.10. The molecule has 1 saturated carbocycles. The van der Waals surface area contributed by atoms with Crippen molar-refractivity contribution in [2.45, 2.75) is 50.9 Å². The lowest BCUT2D eigenvalue weighted by atomic mass is 9.77. The number of amides is 1. The molecule has 10 heteroatoms. The SMILES string of the molecule is Cc1cn(-c2ccc3n(c2=O)CCN(C[C@]24CCC[C@@H]2Oc2ccc(OC(F)F)cc24)C3=O)cn1. The number of pyridine rings is 1. The van der Waals surface area contributed by atoms with E-state index in [-0.39, 0.29) is 23.3 Å². The summed E-state index contributed by atoms with van der Waals surface area (Å²) in [5, 5.41) is 0. The number of nitrogens with zero attached hydrogens (tertiary/aromatic N) is 4. The Balaban J connectivity index is 1.32. The summed E-state index contributed by atoms with van der Waals surface area (Å²) >= 11 is 0. The van der Waals surface area contributed by atoms with Crippen LogP contribution in [0.3, 0.4) is 0 Å². The molecule has 0 bridgehead atoms. The van der Waals surface area contributed by atoms with Crippen molar-refractivity contribution in [2.24, 2.45) is 0 Å². The monoisotopic (exact) mass is 482 g/mol. The number of hydrogen-bond donors (Lipinski definition) is 0. The minimum absolute atomic E-state index is 0.0819. The summed E-state index contributed by atoms with van der Waals surface area (Å²) in [5.41, 5.74) is 1.63. The van der Waals surface area contributed by atoms with Gasteiger partial charge in [0, 0.05) is 31.4 Å². The lowest BCUT2D eigenvalue weighted by Gasteiger charge is -2.37. The largest absolute Gasteiger partial charge is 0.489 e. The van der Waals surface area contributed by atoms with Crippen molar-refractivity contribution < 1.29 is 23.0 Å². The summed E-state index contributed by atoms with van der Waals surface area (Å²) < 4.78 is 39.7. The van der Waals surface area contributed by atoms with Crippen molar-refractivity contribution in [3.05, 3.63) is 70.2 Å². The Morgan fingerprint density at radius 2 is 2.09 bits per heavy atom. The molecule has 3 aliphatic rings. The van der Waals surface area contributed by atoms with E-state index in [0.29, 0.717) is 36.8 Å². The van der Waals surface area contributed by atoms with Gasteiger partial charge in [0.15, 0.2) is 0 Å². The van der Waals surface area contributed by atoms with Crippen LogP contribution in [0.5, 0.6) is 11.5 Å². The minimum atomic E-state index is -2.92. The molecule has 0 unspecified atom stereocenters. The van der Waals surface area contributed by atoms with Gasteiger partial charge in [0.2, 0.25) is 0 Å². The van der Waals surface area contributed by atoms with Crippen LogP contribution in [0.15, 0.2) is 47.7 Å². The molecule has 0 N–H and O–H groups in total. The average Bonchev–Trinajstić information content (AvgIpc) is 3.50. The first-order valence-corrected chi connectivity index (χ1v) is 11.7.